The van der Waals surface area contributed by atoms with Gasteiger partial charge in [-0.15, -0.1) is 0 Å². The molecule has 1 N–H and O–H groups in total. The molecule has 2 aliphatic rings. The number of aromatic nitrogens is 1. The number of ether oxygens (including phenoxy) is 4. The van der Waals surface area contributed by atoms with Gasteiger partial charge in [-0.2, -0.15) is 10.1 Å². The van der Waals surface area contributed by atoms with Gasteiger partial charge in [0.05, 0.1) is 44.8 Å². The first-order valence-corrected chi connectivity index (χ1v) is 12.1. The number of nitrogens with zero attached hydrogens (tertiary/aromatic N) is 4. The molecule has 0 amide bonds. The average Bonchev–Trinajstić information content (AvgIpc) is 2.90. The van der Waals surface area contributed by atoms with Crippen molar-refractivity contribution < 1.29 is 23.7 Å². The van der Waals surface area contributed by atoms with E-state index in [2.05, 4.69) is 25.3 Å². The summed E-state index contributed by atoms with van der Waals surface area (Å²) in [6.07, 6.45) is 1.64. The third kappa shape index (κ3) is 7.64. The van der Waals surface area contributed by atoms with Gasteiger partial charge in [-0.25, -0.2) is 4.79 Å². The molecule has 2 fully saturated rings. The lowest BCUT2D eigenvalue weighted by Gasteiger charge is -2.29. The molecule has 0 spiro atoms. The second kappa shape index (κ2) is 13.0. The molecule has 0 atom stereocenters. The predicted molar refractivity (Wildman–Crippen MR) is 134 cm³/mol. The second-order valence-corrected chi connectivity index (χ2v) is 8.17. The average molecular weight is 484 g/mol. The van der Waals surface area contributed by atoms with Gasteiger partial charge in [-0.1, -0.05) is 12.1 Å². The monoisotopic (exact) mass is 483 g/mol. The van der Waals surface area contributed by atoms with Gasteiger partial charge in [0, 0.05) is 50.5 Å². The van der Waals surface area contributed by atoms with Crippen molar-refractivity contribution in [3.05, 3.63) is 47.5 Å². The van der Waals surface area contributed by atoms with Crippen LogP contribution in [0.3, 0.4) is 0 Å². The molecule has 10 nitrogen and oxygen atoms in total. The lowest BCUT2D eigenvalue weighted by atomic mass is 10.1. The zero-order valence-corrected chi connectivity index (χ0v) is 20.1. The van der Waals surface area contributed by atoms with Crippen LogP contribution in [0.4, 0.5) is 11.5 Å². The first-order chi connectivity index (χ1) is 17.2. The van der Waals surface area contributed by atoms with Crippen molar-refractivity contribution in [1.82, 2.24) is 9.88 Å². The van der Waals surface area contributed by atoms with Crippen LogP contribution in [0.15, 0.2) is 41.5 Å². The van der Waals surface area contributed by atoms with E-state index in [1.807, 2.05) is 18.2 Å². The number of morpholine rings is 2. The minimum absolute atomic E-state index is 0.334. The van der Waals surface area contributed by atoms with Crippen LogP contribution in [0.25, 0.3) is 0 Å². The van der Waals surface area contributed by atoms with E-state index in [4.69, 9.17) is 18.9 Å². The number of hydrazone groups is 1. The lowest BCUT2D eigenvalue weighted by Crippen LogP contribution is -2.38. The van der Waals surface area contributed by atoms with E-state index in [0.717, 1.165) is 57.2 Å². The van der Waals surface area contributed by atoms with Gasteiger partial charge in [0.1, 0.15) is 6.61 Å². The second-order valence-electron chi connectivity index (χ2n) is 8.17. The Bertz CT molecular complexity index is 990. The van der Waals surface area contributed by atoms with Crippen LogP contribution >= 0.6 is 0 Å². The number of carbonyl (C=O) groups is 1. The van der Waals surface area contributed by atoms with Crippen LogP contribution in [0, 0.1) is 0 Å². The van der Waals surface area contributed by atoms with Crippen LogP contribution in [0.5, 0.6) is 5.88 Å². The Morgan fingerprint density at radius 2 is 1.89 bits per heavy atom. The maximum absolute atomic E-state index is 12.0. The number of esters is 1. The molecule has 2 saturated heterocycles. The van der Waals surface area contributed by atoms with E-state index in [1.165, 1.54) is 0 Å². The molecule has 10 heteroatoms. The standard InChI is InChI=1S/C25H33N5O5/c1-2-34-25(31)21-5-3-4-20(16-21)19-26-28-23-17-22(30-9-13-33-14-10-30)18-24(27-23)35-15-8-29-6-11-32-12-7-29/h3-5,16-19H,2,6-15H2,1H3,(H,27,28)/b26-19+. The minimum Gasteiger partial charge on any atom is -0.476 e. The molecule has 1 aromatic carbocycles. The fraction of sp³-hybridized carbons (Fsp3) is 0.480. The number of rotatable bonds is 10. The van der Waals surface area contributed by atoms with Crippen LogP contribution in [0.2, 0.25) is 0 Å². The topological polar surface area (TPSA) is 97.8 Å². The molecule has 0 bridgehead atoms. The zero-order valence-electron chi connectivity index (χ0n) is 20.1. The molecular formula is C25H33N5O5. The summed E-state index contributed by atoms with van der Waals surface area (Å²) < 4.78 is 22.0. The van der Waals surface area contributed by atoms with E-state index in [-0.39, 0.29) is 5.97 Å². The number of hydrogen-bond acceptors (Lipinski definition) is 10. The summed E-state index contributed by atoms with van der Waals surface area (Å²) in [7, 11) is 0. The molecule has 4 rings (SSSR count). The van der Waals surface area contributed by atoms with Crippen molar-refractivity contribution in [3.63, 3.8) is 0 Å². The Morgan fingerprint density at radius 3 is 2.66 bits per heavy atom. The van der Waals surface area contributed by atoms with Gasteiger partial charge in [-0.05, 0) is 24.6 Å². The number of benzene rings is 1. The third-order valence-corrected chi connectivity index (χ3v) is 5.71. The van der Waals surface area contributed by atoms with Crippen LogP contribution in [-0.2, 0) is 14.2 Å². The van der Waals surface area contributed by atoms with Crippen molar-refractivity contribution in [2.24, 2.45) is 5.10 Å². The van der Waals surface area contributed by atoms with Crippen molar-refractivity contribution >= 4 is 23.7 Å². The Hall–Kier alpha value is -3.21. The molecule has 2 aromatic rings. The zero-order chi connectivity index (χ0) is 24.3. The fourth-order valence-corrected chi connectivity index (χ4v) is 3.86. The van der Waals surface area contributed by atoms with Crippen molar-refractivity contribution in [2.45, 2.75) is 6.92 Å². The summed E-state index contributed by atoms with van der Waals surface area (Å²) in [5.41, 5.74) is 5.27. The molecule has 0 saturated carbocycles. The normalized spacial score (nSPS) is 16.9. The molecule has 1 aromatic heterocycles. The highest BCUT2D eigenvalue weighted by Gasteiger charge is 2.15. The Balaban J connectivity index is 1.42. The minimum atomic E-state index is -0.352. The number of anilines is 2. The van der Waals surface area contributed by atoms with E-state index < -0.39 is 0 Å². The van der Waals surface area contributed by atoms with Crippen molar-refractivity contribution in [2.75, 3.05) is 82.7 Å². The summed E-state index contributed by atoms with van der Waals surface area (Å²) in [6, 6.07) is 11.0. The number of carbonyl (C=O) groups excluding carboxylic acids is 1. The molecule has 0 aliphatic carbocycles. The Labute approximate surface area is 205 Å². The molecule has 2 aliphatic heterocycles. The molecular weight excluding hydrogens is 450 g/mol. The highest BCUT2D eigenvalue weighted by molar-refractivity contribution is 5.92. The van der Waals surface area contributed by atoms with E-state index in [1.54, 1.807) is 31.3 Å². The lowest BCUT2D eigenvalue weighted by molar-refractivity contribution is 0.0320. The fourth-order valence-electron chi connectivity index (χ4n) is 3.86. The van der Waals surface area contributed by atoms with E-state index in [9.17, 15) is 4.79 Å². The van der Waals surface area contributed by atoms with Crippen molar-refractivity contribution in [3.8, 4) is 5.88 Å². The van der Waals surface area contributed by atoms with Gasteiger partial charge >= 0.3 is 5.97 Å². The highest BCUT2D eigenvalue weighted by atomic mass is 16.5. The first kappa shape index (κ1) is 24.9. The number of pyridine rings is 1. The highest BCUT2D eigenvalue weighted by Crippen LogP contribution is 2.25. The smallest absolute Gasteiger partial charge is 0.338 e. The maximum Gasteiger partial charge on any atom is 0.338 e. The summed E-state index contributed by atoms with van der Waals surface area (Å²) in [5.74, 6) is 0.770. The van der Waals surface area contributed by atoms with E-state index in [0.29, 0.717) is 43.7 Å². The van der Waals surface area contributed by atoms with Gasteiger partial charge < -0.3 is 23.8 Å². The SMILES string of the molecule is CCOC(=O)c1cccc(/C=N/Nc2cc(N3CCOCC3)cc(OCCN3CCOCC3)n2)c1. The van der Waals surface area contributed by atoms with Crippen LogP contribution in [0.1, 0.15) is 22.8 Å². The predicted octanol–water partition coefficient (Wildman–Crippen LogP) is 2.25. The molecule has 3 heterocycles. The van der Waals surface area contributed by atoms with Gasteiger partial charge in [0.15, 0.2) is 5.82 Å². The first-order valence-electron chi connectivity index (χ1n) is 12.1. The summed E-state index contributed by atoms with van der Waals surface area (Å²) in [4.78, 5) is 21.1. The third-order valence-electron chi connectivity index (χ3n) is 5.71. The molecule has 35 heavy (non-hydrogen) atoms. The van der Waals surface area contributed by atoms with Crippen LogP contribution in [-0.4, -0.2) is 94.4 Å². The molecule has 188 valence electrons. The number of hydrogen-bond donors (Lipinski definition) is 1. The summed E-state index contributed by atoms with van der Waals surface area (Å²) in [6.45, 7) is 9.84. The summed E-state index contributed by atoms with van der Waals surface area (Å²) in [5, 5.41) is 4.33. The number of nitrogens with one attached hydrogen (secondary N) is 1. The largest absolute Gasteiger partial charge is 0.476 e. The Kier molecular flexibility index (Phi) is 9.27. The van der Waals surface area contributed by atoms with Gasteiger partial charge in [0.25, 0.3) is 0 Å². The van der Waals surface area contributed by atoms with Gasteiger partial charge in [0.2, 0.25) is 5.88 Å². The van der Waals surface area contributed by atoms with Crippen LogP contribution < -0.4 is 15.1 Å². The Morgan fingerprint density at radius 1 is 1.11 bits per heavy atom. The van der Waals surface area contributed by atoms with E-state index >= 15 is 0 Å². The van der Waals surface area contributed by atoms with Crippen molar-refractivity contribution in [1.29, 1.82) is 0 Å². The molecule has 0 unspecified atom stereocenters. The quantitative estimate of drug-likeness (QED) is 0.310. The van der Waals surface area contributed by atoms with Gasteiger partial charge in [-0.3, -0.25) is 10.3 Å². The maximum atomic E-state index is 12.0. The molecule has 0 radical (unpaired) electrons. The summed E-state index contributed by atoms with van der Waals surface area (Å²) >= 11 is 0.